The summed E-state index contributed by atoms with van der Waals surface area (Å²) in [6, 6.07) is 5.88. The zero-order valence-electron chi connectivity index (χ0n) is 9.39. The van der Waals surface area contributed by atoms with Gasteiger partial charge in [0.2, 0.25) is 0 Å². The third-order valence-electron chi connectivity index (χ3n) is 2.49. The zero-order chi connectivity index (χ0) is 13.1. The van der Waals surface area contributed by atoms with Crippen LogP contribution in [0.3, 0.4) is 0 Å². The Bertz CT molecular complexity index is 630. The molecule has 94 valence electrons. The predicted octanol–water partition coefficient (Wildman–Crippen LogP) is 0.991. The van der Waals surface area contributed by atoms with Crippen LogP contribution in [-0.4, -0.2) is 20.9 Å². The van der Waals surface area contributed by atoms with Crippen molar-refractivity contribution in [1.82, 2.24) is 9.78 Å². The molecular formula is C12H11FN2O3. The molecule has 0 atom stereocenters. The molecule has 6 heteroatoms. The first-order chi connectivity index (χ1) is 8.56. The molecule has 0 radical (unpaired) electrons. The minimum atomic E-state index is -1.07. The number of aromatic nitrogens is 2. The molecule has 0 fully saturated rings. The van der Waals surface area contributed by atoms with Gasteiger partial charge in [0.1, 0.15) is 5.82 Å². The van der Waals surface area contributed by atoms with E-state index < -0.39 is 11.5 Å². The van der Waals surface area contributed by atoms with Crippen molar-refractivity contribution >= 4 is 5.97 Å². The molecule has 1 aromatic carbocycles. The molecule has 0 unspecified atom stereocenters. The van der Waals surface area contributed by atoms with Gasteiger partial charge in [0.25, 0.3) is 5.56 Å². The van der Waals surface area contributed by atoms with Gasteiger partial charge in [0.05, 0.1) is 13.0 Å². The van der Waals surface area contributed by atoms with Gasteiger partial charge in [-0.25, -0.2) is 9.07 Å². The molecule has 2 aromatic rings. The third kappa shape index (κ3) is 2.65. The van der Waals surface area contributed by atoms with Gasteiger partial charge < -0.3 is 10.2 Å². The van der Waals surface area contributed by atoms with Gasteiger partial charge in [-0.3, -0.25) is 9.59 Å². The molecule has 0 saturated carbocycles. The summed E-state index contributed by atoms with van der Waals surface area (Å²) in [7, 11) is 0. The third-order valence-corrected chi connectivity index (χ3v) is 2.49. The molecule has 18 heavy (non-hydrogen) atoms. The van der Waals surface area contributed by atoms with Crippen molar-refractivity contribution in [2.45, 2.75) is 13.0 Å². The number of halogens is 1. The summed E-state index contributed by atoms with van der Waals surface area (Å²) in [6.07, 6.45) is 1.03. The summed E-state index contributed by atoms with van der Waals surface area (Å²) >= 11 is 0. The zero-order valence-corrected chi connectivity index (χ0v) is 9.39. The van der Waals surface area contributed by atoms with E-state index in [0.29, 0.717) is 5.56 Å². The molecular weight excluding hydrogens is 239 g/mol. The number of hydrogen-bond donors (Lipinski definition) is 2. The summed E-state index contributed by atoms with van der Waals surface area (Å²) in [4.78, 5) is 22.3. The molecule has 5 nitrogen and oxygen atoms in total. The van der Waals surface area contributed by atoms with Gasteiger partial charge in [-0.15, -0.1) is 0 Å². The summed E-state index contributed by atoms with van der Waals surface area (Å²) in [6.45, 7) is 0.177. The van der Waals surface area contributed by atoms with E-state index >= 15 is 0 Å². The minimum Gasteiger partial charge on any atom is -0.481 e. The van der Waals surface area contributed by atoms with E-state index in [1.165, 1.54) is 23.0 Å². The number of rotatable bonds is 4. The Labute approximate surface area is 101 Å². The number of aliphatic carboxylic acids is 1. The van der Waals surface area contributed by atoms with Gasteiger partial charge in [-0.05, 0) is 17.7 Å². The molecule has 1 heterocycles. The number of benzene rings is 1. The summed E-state index contributed by atoms with van der Waals surface area (Å²) in [5.74, 6) is -1.44. The fourth-order valence-electron chi connectivity index (χ4n) is 1.67. The predicted molar refractivity (Wildman–Crippen MR) is 61.9 cm³/mol. The molecule has 0 spiro atoms. The highest BCUT2D eigenvalue weighted by Gasteiger charge is 2.10. The van der Waals surface area contributed by atoms with Crippen molar-refractivity contribution in [1.29, 1.82) is 0 Å². The maximum Gasteiger partial charge on any atom is 0.308 e. The van der Waals surface area contributed by atoms with Crippen LogP contribution in [0, 0.1) is 5.82 Å². The van der Waals surface area contributed by atoms with Crippen molar-refractivity contribution in [2.24, 2.45) is 0 Å². The molecule has 0 aliphatic carbocycles. The fraction of sp³-hybridized carbons (Fsp3) is 0.167. The fourth-order valence-corrected chi connectivity index (χ4v) is 1.67. The largest absolute Gasteiger partial charge is 0.481 e. The molecule has 0 amide bonds. The van der Waals surface area contributed by atoms with E-state index in [9.17, 15) is 14.0 Å². The van der Waals surface area contributed by atoms with E-state index in [-0.39, 0.29) is 24.3 Å². The van der Waals surface area contributed by atoms with E-state index in [0.717, 1.165) is 0 Å². The Morgan fingerprint density at radius 2 is 2.22 bits per heavy atom. The van der Waals surface area contributed by atoms with Crippen LogP contribution >= 0.6 is 0 Å². The molecule has 0 saturated heterocycles. The molecule has 0 aliphatic rings. The van der Waals surface area contributed by atoms with Gasteiger partial charge in [-0.2, -0.15) is 0 Å². The number of aromatic amines is 1. The maximum atomic E-state index is 13.0. The van der Waals surface area contributed by atoms with E-state index in [4.69, 9.17) is 5.11 Å². The topological polar surface area (TPSA) is 75.1 Å². The first-order valence-electron chi connectivity index (χ1n) is 5.29. The van der Waals surface area contributed by atoms with Gasteiger partial charge in [-0.1, -0.05) is 12.1 Å². The SMILES string of the molecule is O=C(O)Cc1c[nH]n(Cc2cccc(F)c2)c1=O. The molecule has 2 N–H and O–H groups in total. The van der Waals surface area contributed by atoms with Crippen LogP contribution in [0.4, 0.5) is 4.39 Å². The highest BCUT2D eigenvalue weighted by Crippen LogP contribution is 2.04. The van der Waals surface area contributed by atoms with E-state index in [2.05, 4.69) is 5.10 Å². The Morgan fingerprint density at radius 3 is 2.89 bits per heavy atom. The van der Waals surface area contributed by atoms with Crippen molar-refractivity contribution in [2.75, 3.05) is 0 Å². The Hall–Kier alpha value is -2.37. The lowest BCUT2D eigenvalue weighted by molar-refractivity contribution is -0.136. The molecule has 0 aliphatic heterocycles. The van der Waals surface area contributed by atoms with Gasteiger partial charge in [0.15, 0.2) is 0 Å². The van der Waals surface area contributed by atoms with Crippen molar-refractivity contribution in [3.8, 4) is 0 Å². The number of hydrogen-bond acceptors (Lipinski definition) is 2. The number of nitrogens with zero attached hydrogens (tertiary/aromatic N) is 1. The quantitative estimate of drug-likeness (QED) is 0.849. The van der Waals surface area contributed by atoms with Crippen LogP contribution in [0.5, 0.6) is 0 Å². The van der Waals surface area contributed by atoms with Crippen LogP contribution in [0.15, 0.2) is 35.3 Å². The highest BCUT2D eigenvalue weighted by atomic mass is 19.1. The van der Waals surface area contributed by atoms with Gasteiger partial charge >= 0.3 is 5.97 Å². The Balaban J connectivity index is 2.23. The number of H-pyrrole nitrogens is 1. The second-order valence-electron chi connectivity index (χ2n) is 3.89. The van der Waals surface area contributed by atoms with Crippen LogP contribution in [0.1, 0.15) is 11.1 Å². The second kappa shape index (κ2) is 4.87. The second-order valence-corrected chi connectivity index (χ2v) is 3.89. The lowest BCUT2D eigenvalue weighted by Crippen LogP contribution is -2.21. The van der Waals surface area contributed by atoms with E-state index in [1.54, 1.807) is 12.1 Å². The van der Waals surface area contributed by atoms with Crippen molar-refractivity contribution < 1.29 is 14.3 Å². The lowest BCUT2D eigenvalue weighted by Gasteiger charge is -2.01. The Morgan fingerprint density at radius 1 is 1.44 bits per heavy atom. The normalized spacial score (nSPS) is 10.5. The van der Waals surface area contributed by atoms with E-state index in [1.807, 2.05) is 0 Å². The average molecular weight is 250 g/mol. The van der Waals surface area contributed by atoms with Crippen molar-refractivity contribution in [3.05, 3.63) is 57.8 Å². The van der Waals surface area contributed by atoms with Crippen LogP contribution in [0.25, 0.3) is 0 Å². The summed E-state index contributed by atoms with van der Waals surface area (Å²) in [5, 5.41) is 11.3. The van der Waals surface area contributed by atoms with Crippen molar-refractivity contribution in [3.63, 3.8) is 0 Å². The van der Waals surface area contributed by atoms with Crippen LogP contribution in [0.2, 0.25) is 0 Å². The van der Waals surface area contributed by atoms with Gasteiger partial charge in [0, 0.05) is 11.8 Å². The molecule has 2 rings (SSSR count). The standard InChI is InChI=1S/C12H11FN2O3/c13-10-3-1-2-8(4-10)7-15-12(18)9(6-14-15)5-11(16)17/h1-4,6,14H,5,7H2,(H,16,17). The first-order valence-corrected chi connectivity index (χ1v) is 5.29. The van der Waals surface area contributed by atoms with Crippen LogP contribution < -0.4 is 5.56 Å². The summed E-state index contributed by atoms with van der Waals surface area (Å²) in [5.41, 5.74) is 0.404. The molecule has 1 aromatic heterocycles. The number of nitrogens with one attached hydrogen (secondary N) is 1. The minimum absolute atomic E-state index is 0.177. The summed E-state index contributed by atoms with van der Waals surface area (Å²) < 4.78 is 14.2. The monoisotopic (exact) mass is 250 g/mol. The lowest BCUT2D eigenvalue weighted by atomic mass is 10.2. The highest BCUT2D eigenvalue weighted by molar-refractivity contribution is 5.69. The number of carboxylic acid groups (broad SMARTS) is 1. The molecule has 0 bridgehead atoms. The Kier molecular flexibility index (Phi) is 3.27. The average Bonchev–Trinajstić information content (AvgIpc) is 2.61. The number of carboxylic acids is 1. The van der Waals surface area contributed by atoms with Crippen LogP contribution in [-0.2, 0) is 17.8 Å². The maximum absolute atomic E-state index is 13.0. The first kappa shape index (κ1) is 12.1. The number of carbonyl (C=O) groups is 1. The smallest absolute Gasteiger partial charge is 0.308 e.